The molecule has 24 heavy (non-hydrogen) atoms. The van der Waals surface area contributed by atoms with Gasteiger partial charge in [-0.1, -0.05) is 36.4 Å². The molecule has 5 heteroatoms. The van der Waals surface area contributed by atoms with Crippen molar-refractivity contribution in [3.05, 3.63) is 58.3 Å². The monoisotopic (exact) mass is 340 g/mol. The minimum Gasteiger partial charge on any atom is -0.339 e. The summed E-state index contributed by atoms with van der Waals surface area (Å²) in [4.78, 5) is 29.6. The second-order valence-electron chi connectivity index (χ2n) is 6.45. The van der Waals surface area contributed by atoms with Crippen LogP contribution in [0, 0.1) is 5.92 Å². The highest BCUT2D eigenvalue weighted by Gasteiger charge is 2.46. The van der Waals surface area contributed by atoms with E-state index in [2.05, 4.69) is 12.1 Å². The Kier molecular flexibility index (Phi) is 4.10. The number of carbonyl (C=O) groups is 2. The number of thiophene rings is 1. The number of hydrogen-bond donors (Lipinski definition) is 0. The molecule has 1 aromatic heterocycles. The van der Waals surface area contributed by atoms with E-state index < -0.39 is 0 Å². The molecular formula is C19H20N2O2S. The summed E-state index contributed by atoms with van der Waals surface area (Å²) in [6.45, 7) is 2.55. The lowest BCUT2D eigenvalue weighted by Crippen LogP contribution is -2.51. The first-order chi connectivity index (χ1) is 11.7. The Morgan fingerprint density at radius 3 is 2.29 bits per heavy atom. The largest absolute Gasteiger partial charge is 0.339 e. The SMILES string of the molecule is O=C(c1cccs1)N1CCN(C(=O)[C@H]2C[C@@H]2c2ccccc2)CC1. The second-order valence-corrected chi connectivity index (χ2v) is 7.40. The van der Waals surface area contributed by atoms with Crippen LogP contribution in [0.25, 0.3) is 0 Å². The van der Waals surface area contributed by atoms with Crippen molar-refractivity contribution >= 4 is 23.2 Å². The van der Waals surface area contributed by atoms with E-state index in [1.165, 1.54) is 16.9 Å². The number of hydrogen-bond acceptors (Lipinski definition) is 3. The van der Waals surface area contributed by atoms with Gasteiger partial charge in [0.05, 0.1) is 4.88 Å². The van der Waals surface area contributed by atoms with Crippen molar-refractivity contribution in [3.63, 3.8) is 0 Å². The Labute approximate surface area is 145 Å². The van der Waals surface area contributed by atoms with Crippen LogP contribution in [0.4, 0.5) is 0 Å². The Morgan fingerprint density at radius 2 is 1.62 bits per heavy atom. The highest BCUT2D eigenvalue weighted by Crippen LogP contribution is 2.48. The molecular weight excluding hydrogens is 320 g/mol. The summed E-state index contributed by atoms with van der Waals surface area (Å²) >= 11 is 1.47. The smallest absolute Gasteiger partial charge is 0.264 e. The van der Waals surface area contributed by atoms with Crippen LogP contribution in [0.2, 0.25) is 0 Å². The molecule has 0 radical (unpaired) electrons. The summed E-state index contributed by atoms with van der Waals surface area (Å²) < 4.78 is 0. The predicted molar refractivity (Wildman–Crippen MR) is 94.1 cm³/mol. The molecule has 4 nitrogen and oxygen atoms in total. The van der Waals surface area contributed by atoms with Gasteiger partial charge in [0.15, 0.2) is 0 Å². The van der Waals surface area contributed by atoms with Gasteiger partial charge in [0.25, 0.3) is 5.91 Å². The average Bonchev–Trinajstić information content (AvgIpc) is 3.26. The quantitative estimate of drug-likeness (QED) is 0.862. The van der Waals surface area contributed by atoms with E-state index in [1.54, 1.807) is 0 Å². The van der Waals surface area contributed by atoms with Crippen LogP contribution in [0.1, 0.15) is 27.6 Å². The predicted octanol–water partition coefficient (Wildman–Crippen LogP) is 2.84. The number of nitrogens with zero attached hydrogens (tertiary/aromatic N) is 2. The molecule has 0 bridgehead atoms. The molecule has 1 saturated heterocycles. The van der Waals surface area contributed by atoms with Crippen molar-refractivity contribution in [2.45, 2.75) is 12.3 Å². The molecule has 1 aromatic carbocycles. The van der Waals surface area contributed by atoms with Crippen LogP contribution in [0.15, 0.2) is 47.8 Å². The fraction of sp³-hybridized carbons (Fsp3) is 0.368. The number of amides is 2. The summed E-state index contributed by atoms with van der Waals surface area (Å²) in [5.41, 5.74) is 1.27. The van der Waals surface area contributed by atoms with E-state index in [4.69, 9.17) is 0 Å². The highest BCUT2D eigenvalue weighted by molar-refractivity contribution is 7.12. The van der Waals surface area contributed by atoms with Gasteiger partial charge in [-0.05, 0) is 29.3 Å². The summed E-state index contributed by atoms with van der Waals surface area (Å²) in [6, 6.07) is 14.0. The molecule has 4 rings (SSSR count). The van der Waals surface area contributed by atoms with E-state index in [-0.39, 0.29) is 17.7 Å². The standard InChI is InChI=1S/C19H20N2O2S/c22-18(16-13-15(16)14-5-2-1-3-6-14)20-8-10-21(11-9-20)19(23)17-7-4-12-24-17/h1-7,12,15-16H,8-11,13H2/t15-,16+/m1/s1. The van der Waals surface area contributed by atoms with E-state index in [9.17, 15) is 9.59 Å². The Balaban J connectivity index is 1.32. The summed E-state index contributed by atoms with van der Waals surface area (Å²) in [5, 5.41) is 1.92. The first-order valence-electron chi connectivity index (χ1n) is 8.40. The first kappa shape index (κ1) is 15.4. The lowest BCUT2D eigenvalue weighted by molar-refractivity contribution is -0.134. The topological polar surface area (TPSA) is 40.6 Å². The number of rotatable bonds is 3. The Morgan fingerprint density at radius 1 is 0.917 bits per heavy atom. The van der Waals surface area contributed by atoms with E-state index in [0.29, 0.717) is 32.1 Å². The van der Waals surface area contributed by atoms with Gasteiger partial charge >= 0.3 is 0 Å². The van der Waals surface area contributed by atoms with Crippen molar-refractivity contribution in [1.82, 2.24) is 9.80 Å². The molecule has 2 aliphatic rings. The zero-order chi connectivity index (χ0) is 16.5. The van der Waals surface area contributed by atoms with Crippen molar-refractivity contribution in [3.8, 4) is 0 Å². The van der Waals surface area contributed by atoms with E-state index >= 15 is 0 Å². The number of piperazine rings is 1. The number of benzene rings is 1. The molecule has 2 aromatic rings. The Hall–Kier alpha value is -2.14. The lowest BCUT2D eigenvalue weighted by Gasteiger charge is -2.34. The lowest BCUT2D eigenvalue weighted by atomic mass is 10.1. The van der Waals surface area contributed by atoms with Gasteiger partial charge in [-0.2, -0.15) is 0 Å². The van der Waals surface area contributed by atoms with Crippen LogP contribution in [-0.4, -0.2) is 47.8 Å². The van der Waals surface area contributed by atoms with Crippen LogP contribution >= 0.6 is 11.3 Å². The maximum atomic E-state index is 12.7. The summed E-state index contributed by atoms with van der Waals surface area (Å²) in [7, 11) is 0. The third kappa shape index (κ3) is 2.96. The van der Waals surface area contributed by atoms with Crippen LogP contribution in [0.3, 0.4) is 0 Å². The molecule has 0 N–H and O–H groups in total. The van der Waals surface area contributed by atoms with Crippen molar-refractivity contribution in [2.75, 3.05) is 26.2 Å². The molecule has 1 aliphatic heterocycles. The Bertz CT molecular complexity index is 721. The summed E-state index contributed by atoms with van der Waals surface area (Å²) in [5.74, 6) is 0.856. The zero-order valence-corrected chi connectivity index (χ0v) is 14.2. The van der Waals surface area contributed by atoms with Crippen LogP contribution in [-0.2, 0) is 4.79 Å². The minimum atomic E-state index is 0.0886. The fourth-order valence-corrected chi connectivity index (χ4v) is 4.15. The highest BCUT2D eigenvalue weighted by atomic mass is 32.1. The molecule has 2 amide bonds. The van der Waals surface area contributed by atoms with Crippen molar-refractivity contribution < 1.29 is 9.59 Å². The van der Waals surface area contributed by atoms with Gasteiger partial charge in [-0.15, -0.1) is 11.3 Å². The molecule has 0 spiro atoms. The van der Waals surface area contributed by atoms with Crippen molar-refractivity contribution in [1.29, 1.82) is 0 Å². The van der Waals surface area contributed by atoms with E-state index in [0.717, 1.165) is 11.3 Å². The molecule has 1 aliphatic carbocycles. The zero-order valence-electron chi connectivity index (χ0n) is 13.4. The summed E-state index contributed by atoms with van der Waals surface area (Å²) in [6.07, 6.45) is 0.956. The third-order valence-electron chi connectivity index (χ3n) is 4.95. The second kappa shape index (κ2) is 6.40. The van der Waals surface area contributed by atoms with E-state index in [1.807, 2.05) is 45.5 Å². The molecule has 2 fully saturated rings. The maximum absolute atomic E-state index is 12.7. The average molecular weight is 340 g/mol. The van der Waals surface area contributed by atoms with Gasteiger partial charge in [0, 0.05) is 32.1 Å². The molecule has 2 atom stereocenters. The van der Waals surface area contributed by atoms with Gasteiger partial charge < -0.3 is 9.80 Å². The van der Waals surface area contributed by atoms with Gasteiger partial charge in [0.2, 0.25) is 5.91 Å². The van der Waals surface area contributed by atoms with Gasteiger partial charge in [-0.3, -0.25) is 9.59 Å². The van der Waals surface area contributed by atoms with Crippen molar-refractivity contribution in [2.24, 2.45) is 5.92 Å². The first-order valence-corrected chi connectivity index (χ1v) is 9.28. The fourth-order valence-electron chi connectivity index (χ4n) is 3.46. The van der Waals surface area contributed by atoms with Crippen LogP contribution in [0.5, 0.6) is 0 Å². The normalized spacial score (nSPS) is 23.2. The molecule has 1 saturated carbocycles. The molecule has 124 valence electrons. The number of carbonyl (C=O) groups excluding carboxylic acids is 2. The van der Waals surface area contributed by atoms with Gasteiger partial charge in [0.1, 0.15) is 0 Å². The maximum Gasteiger partial charge on any atom is 0.264 e. The molecule has 2 heterocycles. The molecule has 0 unspecified atom stereocenters. The third-order valence-corrected chi connectivity index (χ3v) is 5.80. The van der Waals surface area contributed by atoms with Crippen LogP contribution < -0.4 is 0 Å². The van der Waals surface area contributed by atoms with Gasteiger partial charge in [-0.25, -0.2) is 0 Å². The minimum absolute atomic E-state index is 0.0886.